The molecule has 0 aliphatic carbocycles. The number of carboxylic acid groups (broad SMARTS) is 1. The minimum absolute atomic E-state index is 0.000138. The summed E-state index contributed by atoms with van der Waals surface area (Å²) >= 11 is 1.46. The maximum absolute atomic E-state index is 11.2. The van der Waals surface area contributed by atoms with Gasteiger partial charge in [0.2, 0.25) is 0 Å². The molecule has 2 N–H and O–H groups in total. The molecule has 1 aliphatic heterocycles. The van der Waals surface area contributed by atoms with Crippen LogP contribution in [0.15, 0.2) is 36.4 Å². The highest BCUT2D eigenvalue weighted by Gasteiger charge is 2.31. The molecule has 2 aromatic carbocycles. The summed E-state index contributed by atoms with van der Waals surface area (Å²) in [5.41, 5.74) is 1.12. The van der Waals surface area contributed by atoms with Gasteiger partial charge in [-0.15, -0.1) is 11.8 Å². The van der Waals surface area contributed by atoms with E-state index in [4.69, 9.17) is 4.74 Å². The molecule has 1 heterocycles. The number of ether oxygens (including phenoxy) is 1. The molecule has 0 amide bonds. The van der Waals surface area contributed by atoms with Crippen molar-refractivity contribution < 1.29 is 14.6 Å². The van der Waals surface area contributed by atoms with Crippen molar-refractivity contribution >= 4 is 28.5 Å². The minimum atomic E-state index is -0.758. The van der Waals surface area contributed by atoms with E-state index < -0.39 is 11.2 Å². The second-order valence-corrected chi connectivity index (χ2v) is 7.47. The van der Waals surface area contributed by atoms with Crippen LogP contribution in [0.4, 0.5) is 0 Å². The van der Waals surface area contributed by atoms with E-state index in [9.17, 15) is 9.90 Å². The lowest BCUT2D eigenvalue weighted by Crippen LogP contribution is -2.21. The van der Waals surface area contributed by atoms with Crippen molar-refractivity contribution in [3.8, 4) is 5.75 Å². The first-order valence-electron chi connectivity index (χ1n) is 7.82. The first kappa shape index (κ1) is 16.1. The number of aliphatic carboxylic acids is 1. The maximum atomic E-state index is 11.2. The molecule has 1 aliphatic rings. The molecule has 0 aromatic heterocycles. The number of nitrogens with one attached hydrogen (secondary N) is 1. The number of benzene rings is 2. The topological polar surface area (TPSA) is 58.6 Å². The Balaban J connectivity index is 1.94. The first-order chi connectivity index (χ1) is 11.1. The van der Waals surface area contributed by atoms with Crippen LogP contribution < -0.4 is 10.1 Å². The standard InChI is InChI=1S/C18H21NO3S/c1-11(2)10-22-15-8-7-14(12-5-3-4-6-13(12)15)17-19-9-16(23-17)18(20)21/h3-8,11,16-17,19H,9-10H2,1-2H3,(H,20,21)/t16-,17+/m0/s1. The maximum Gasteiger partial charge on any atom is 0.318 e. The Bertz CT molecular complexity index is 716. The number of fused-ring (bicyclic) bond motifs is 1. The van der Waals surface area contributed by atoms with Crippen molar-refractivity contribution in [3.63, 3.8) is 0 Å². The molecule has 0 unspecified atom stereocenters. The normalized spacial score (nSPS) is 21.0. The molecular weight excluding hydrogens is 310 g/mol. The highest BCUT2D eigenvalue weighted by molar-refractivity contribution is 8.01. The molecule has 2 aromatic rings. The number of carbonyl (C=O) groups is 1. The van der Waals surface area contributed by atoms with E-state index in [1.165, 1.54) is 11.8 Å². The Morgan fingerprint density at radius 3 is 2.70 bits per heavy atom. The van der Waals surface area contributed by atoms with E-state index in [1.807, 2.05) is 24.3 Å². The molecule has 0 saturated carbocycles. The van der Waals surface area contributed by atoms with E-state index >= 15 is 0 Å². The van der Waals surface area contributed by atoms with Gasteiger partial charge in [0.25, 0.3) is 0 Å². The van der Waals surface area contributed by atoms with Gasteiger partial charge in [-0.1, -0.05) is 44.2 Å². The van der Waals surface area contributed by atoms with Gasteiger partial charge in [-0.05, 0) is 22.9 Å². The van der Waals surface area contributed by atoms with E-state index in [-0.39, 0.29) is 5.37 Å². The SMILES string of the molecule is CC(C)COc1ccc([C@@H]2NC[C@@H](C(=O)O)S2)c2ccccc12. The van der Waals surface area contributed by atoms with Gasteiger partial charge in [0.15, 0.2) is 0 Å². The lowest BCUT2D eigenvalue weighted by atomic mass is 10.0. The van der Waals surface area contributed by atoms with Crippen LogP contribution in [-0.4, -0.2) is 29.5 Å². The summed E-state index contributed by atoms with van der Waals surface area (Å²) in [6.07, 6.45) is 0. The zero-order valence-corrected chi connectivity index (χ0v) is 14.1. The van der Waals surface area contributed by atoms with Crippen molar-refractivity contribution in [3.05, 3.63) is 42.0 Å². The summed E-state index contributed by atoms with van der Waals surface area (Å²) in [6.45, 7) is 5.43. The number of rotatable bonds is 5. The van der Waals surface area contributed by atoms with Crippen molar-refractivity contribution in [2.75, 3.05) is 13.2 Å². The van der Waals surface area contributed by atoms with Gasteiger partial charge in [0.05, 0.1) is 12.0 Å². The van der Waals surface area contributed by atoms with E-state index in [2.05, 4.69) is 31.3 Å². The first-order valence-corrected chi connectivity index (χ1v) is 8.76. The fourth-order valence-corrected chi connectivity index (χ4v) is 3.89. The van der Waals surface area contributed by atoms with Crippen molar-refractivity contribution in [1.82, 2.24) is 5.32 Å². The average molecular weight is 331 g/mol. The monoisotopic (exact) mass is 331 g/mol. The summed E-state index contributed by atoms with van der Waals surface area (Å²) in [4.78, 5) is 11.2. The average Bonchev–Trinajstić information content (AvgIpc) is 3.02. The Morgan fingerprint density at radius 1 is 1.30 bits per heavy atom. The number of hydrogen-bond donors (Lipinski definition) is 2. The van der Waals surface area contributed by atoms with Gasteiger partial charge in [0.1, 0.15) is 11.0 Å². The van der Waals surface area contributed by atoms with Crippen LogP contribution in [0.5, 0.6) is 5.75 Å². The molecule has 5 heteroatoms. The zero-order valence-electron chi connectivity index (χ0n) is 13.3. The Kier molecular flexibility index (Phi) is 4.78. The molecule has 0 spiro atoms. The van der Waals surface area contributed by atoms with E-state index in [0.717, 1.165) is 22.1 Å². The van der Waals surface area contributed by atoms with Gasteiger partial charge in [-0.3, -0.25) is 10.1 Å². The number of thioether (sulfide) groups is 1. The van der Waals surface area contributed by atoms with Crippen LogP contribution in [0.2, 0.25) is 0 Å². The summed E-state index contributed by atoms with van der Waals surface area (Å²) in [5.74, 6) is 0.596. The van der Waals surface area contributed by atoms with Crippen LogP contribution in [0, 0.1) is 5.92 Å². The van der Waals surface area contributed by atoms with Gasteiger partial charge < -0.3 is 9.84 Å². The Labute approximate surface area is 140 Å². The minimum Gasteiger partial charge on any atom is -0.493 e. The summed E-state index contributed by atoms with van der Waals surface area (Å²) in [6, 6.07) is 12.2. The molecule has 0 radical (unpaired) electrons. The lowest BCUT2D eigenvalue weighted by Gasteiger charge is -2.17. The zero-order chi connectivity index (χ0) is 16.4. The van der Waals surface area contributed by atoms with Crippen molar-refractivity contribution in [1.29, 1.82) is 0 Å². The third kappa shape index (κ3) is 3.46. The van der Waals surface area contributed by atoms with Crippen LogP contribution >= 0.6 is 11.8 Å². The third-order valence-corrected chi connectivity index (χ3v) is 5.23. The number of carboxylic acids is 1. The van der Waals surface area contributed by atoms with Crippen molar-refractivity contribution in [2.45, 2.75) is 24.5 Å². The quantitative estimate of drug-likeness (QED) is 0.875. The predicted octanol–water partition coefficient (Wildman–Crippen LogP) is 3.66. The molecule has 4 nitrogen and oxygen atoms in total. The largest absolute Gasteiger partial charge is 0.493 e. The molecule has 23 heavy (non-hydrogen) atoms. The lowest BCUT2D eigenvalue weighted by molar-refractivity contribution is -0.136. The molecule has 1 saturated heterocycles. The predicted molar refractivity (Wildman–Crippen MR) is 94.0 cm³/mol. The highest BCUT2D eigenvalue weighted by atomic mass is 32.2. The van der Waals surface area contributed by atoms with Gasteiger partial charge in [-0.2, -0.15) is 0 Å². The second-order valence-electron chi connectivity index (χ2n) is 6.15. The summed E-state index contributed by atoms with van der Waals surface area (Å²) < 4.78 is 5.94. The van der Waals surface area contributed by atoms with Gasteiger partial charge in [0, 0.05) is 11.9 Å². The Morgan fingerprint density at radius 2 is 2.04 bits per heavy atom. The molecule has 3 rings (SSSR count). The molecule has 2 atom stereocenters. The number of hydrogen-bond acceptors (Lipinski definition) is 4. The third-order valence-electron chi connectivity index (χ3n) is 3.84. The fraction of sp³-hybridized carbons (Fsp3) is 0.389. The highest BCUT2D eigenvalue weighted by Crippen LogP contribution is 2.40. The van der Waals surface area contributed by atoms with Gasteiger partial charge in [-0.25, -0.2) is 0 Å². The van der Waals surface area contributed by atoms with Crippen LogP contribution in [0.25, 0.3) is 10.8 Å². The Hall–Kier alpha value is -1.72. The molecule has 122 valence electrons. The smallest absolute Gasteiger partial charge is 0.318 e. The summed E-state index contributed by atoms with van der Waals surface area (Å²) in [7, 11) is 0. The molecular formula is C18H21NO3S. The van der Waals surface area contributed by atoms with E-state index in [1.54, 1.807) is 0 Å². The van der Waals surface area contributed by atoms with Crippen LogP contribution in [0.3, 0.4) is 0 Å². The second kappa shape index (κ2) is 6.81. The summed E-state index contributed by atoms with van der Waals surface area (Å²) in [5, 5.41) is 14.3. The van der Waals surface area contributed by atoms with Gasteiger partial charge >= 0.3 is 5.97 Å². The van der Waals surface area contributed by atoms with Crippen LogP contribution in [-0.2, 0) is 4.79 Å². The molecule has 0 bridgehead atoms. The van der Waals surface area contributed by atoms with E-state index in [0.29, 0.717) is 19.1 Å². The van der Waals surface area contributed by atoms with Crippen LogP contribution in [0.1, 0.15) is 24.8 Å². The molecule has 1 fully saturated rings. The fourth-order valence-electron chi connectivity index (χ4n) is 2.71. The van der Waals surface area contributed by atoms with Crippen molar-refractivity contribution in [2.24, 2.45) is 5.92 Å².